The van der Waals surface area contributed by atoms with Crippen LogP contribution in [0.5, 0.6) is 5.75 Å². The molecule has 0 radical (unpaired) electrons. The number of hydrogen-bond acceptors (Lipinski definition) is 4. The fourth-order valence-corrected chi connectivity index (χ4v) is 3.72. The van der Waals surface area contributed by atoms with Crippen LogP contribution in [-0.2, 0) is 11.2 Å². The highest BCUT2D eigenvalue weighted by molar-refractivity contribution is 8.27. The molecule has 0 unspecified atom stereocenters. The molecule has 0 N–H and O–H groups in total. The molecular weight excluding hydrogens is 338 g/mol. The van der Waals surface area contributed by atoms with Gasteiger partial charge < -0.3 is 4.74 Å². The number of carbonyl (C=O) groups excluding carboxylic acids is 1. The van der Waals surface area contributed by atoms with Gasteiger partial charge in [-0.15, -0.1) is 0 Å². The van der Waals surface area contributed by atoms with Gasteiger partial charge in [0.05, 0.1) is 17.7 Å². The first-order valence-electron chi connectivity index (χ1n) is 7.63. The van der Waals surface area contributed by atoms with E-state index in [1.165, 1.54) is 17.3 Å². The molecule has 3 nitrogen and oxygen atoms in total. The van der Waals surface area contributed by atoms with Gasteiger partial charge in [0.1, 0.15) is 5.75 Å². The number of aryl methyl sites for hydroxylation is 1. The van der Waals surface area contributed by atoms with Gasteiger partial charge in [-0.25, -0.2) is 0 Å². The van der Waals surface area contributed by atoms with Crippen LogP contribution in [0.15, 0.2) is 53.4 Å². The van der Waals surface area contributed by atoms with E-state index in [1.54, 1.807) is 12.0 Å². The van der Waals surface area contributed by atoms with E-state index in [9.17, 15) is 4.79 Å². The maximum absolute atomic E-state index is 12.7. The van der Waals surface area contributed by atoms with Gasteiger partial charge in [0.25, 0.3) is 5.91 Å². The Bertz CT molecular complexity index is 795. The summed E-state index contributed by atoms with van der Waals surface area (Å²) in [5.41, 5.74) is 2.99. The highest BCUT2D eigenvalue weighted by Gasteiger charge is 2.33. The molecule has 0 spiro atoms. The molecule has 1 aliphatic rings. The lowest BCUT2D eigenvalue weighted by molar-refractivity contribution is -0.113. The normalized spacial score (nSPS) is 16.1. The summed E-state index contributed by atoms with van der Waals surface area (Å²) in [6.07, 6.45) is 2.83. The highest BCUT2D eigenvalue weighted by atomic mass is 32.2. The number of nitrogens with zero attached hydrogens (tertiary/aromatic N) is 1. The fraction of sp³-hybridized carbons (Fsp3) is 0.158. The lowest BCUT2D eigenvalue weighted by Gasteiger charge is -2.14. The zero-order valence-electron chi connectivity index (χ0n) is 13.5. The summed E-state index contributed by atoms with van der Waals surface area (Å²) in [7, 11) is 1.63. The lowest BCUT2D eigenvalue weighted by Crippen LogP contribution is -2.27. The molecule has 0 atom stereocenters. The SMILES string of the molecule is CCc1ccc(N2C(=O)C(=Cc3ccc(OC)cc3)SC2=S)cc1. The predicted octanol–water partition coefficient (Wildman–Crippen LogP) is 4.66. The number of thiocarbonyl (C=S) groups is 1. The zero-order chi connectivity index (χ0) is 17.1. The quantitative estimate of drug-likeness (QED) is 0.589. The van der Waals surface area contributed by atoms with Crippen molar-refractivity contribution in [2.45, 2.75) is 13.3 Å². The molecule has 2 aromatic rings. The number of methoxy groups -OCH3 is 1. The monoisotopic (exact) mass is 355 g/mol. The second-order valence-corrected chi connectivity index (χ2v) is 6.99. The van der Waals surface area contributed by atoms with Crippen LogP contribution in [-0.4, -0.2) is 17.3 Å². The molecule has 24 heavy (non-hydrogen) atoms. The van der Waals surface area contributed by atoms with E-state index in [-0.39, 0.29) is 5.91 Å². The first kappa shape index (κ1) is 16.7. The minimum Gasteiger partial charge on any atom is -0.497 e. The summed E-state index contributed by atoms with van der Waals surface area (Å²) in [5.74, 6) is 0.709. The minimum atomic E-state index is -0.0786. The Morgan fingerprint density at radius 1 is 1.12 bits per heavy atom. The standard InChI is InChI=1S/C19H17NO2S2/c1-3-13-4-8-15(9-5-13)20-18(21)17(24-19(20)23)12-14-6-10-16(22-2)11-7-14/h4-12H,3H2,1-2H3. The van der Waals surface area contributed by atoms with E-state index in [2.05, 4.69) is 6.92 Å². The number of carbonyl (C=O) groups is 1. The van der Waals surface area contributed by atoms with Crippen molar-refractivity contribution >= 4 is 46.0 Å². The van der Waals surface area contributed by atoms with Gasteiger partial charge in [0.2, 0.25) is 0 Å². The summed E-state index contributed by atoms with van der Waals surface area (Å²) >= 11 is 6.73. The van der Waals surface area contributed by atoms with Crippen molar-refractivity contribution in [3.63, 3.8) is 0 Å². The molecule has 5 heteroatoms. The van der Waals surface area contributed by atoms with Crippen molar-refractivity contribution in [2.75, 3.05) is 12.0 Å². The molecule has 0 aliphatic carbocycles. The van der Waals surface area contributed by atoms with Gasteiger partial charge in [0, 0.05) is 0 Å². The topological polar surface area (TPSA) is 29.5 Å². The molecule has 1 amide bonds. The summed E-state index contributed by atoms with van der Waals surface area (Å²) in [6.45, 7) is 2.10. The van der Waals surface area contributed by atoms with Crippen molar-refractivity contribution < 1.29 is 9.53 Å². The molecule has 1 heterocycles. The number of ether oxygens (including phenoxy) is 1. The lowest BCUT2D eigenvalue weighted by atomic mass is 10.1. The molecule has 2 aromatic carbocycles. The van der Waals surface area contributed by atoms with Crippen LogP contribution in [0.3, 0.4) is 0 Å². The molecule has 0 bridgehead atoms. The zero-order valence-corrected chi connectivity index (χ0v) is 15.1. The number of amides is 1. The average Bonchev–Trinajstić information content (AvgIpc) is 2.89. The van der Waals surface area contributed by atoms with Crippen molar-refractivity contribution in [3.8, 4) is 5.75 Å². The Kier molecular flexibility index (Phi) is 5.02. The largest absolute Gasteiger partial charge is 0.497 e. The Hall–Kier alpha value is -2.11. The van der Waals surface area contributed by atoms with Crippen molar-refractivity contribution in [1.82, 2.24) is 0 Å². The van der Waals surface area contributed by atoms with Crippen LogP contribution < -0.4 is 9.64 Å². The Morgan fingerprint density at radius 2 is 1.79 bits per heavy atom. The second kappa shape index (κ2) is 7.20. The predicted molar refractivity (Wildman–Crippen MR) is 104 cm³/mol. The average molecular weight is 355 g/mol. The highest BCUT2D eigenvalue weighted by Crippen LogP contribution is 2.36. The van der Waals surface area contributed by atoms with Crippen LogP contribution >= 0.6 is 24.0 Å². The van der Waals surface area contributed by atoms with Crippen LogP contribution in [0.1, 0.15) is 18.1 Å². The van der Waals surface area contributed by atoms with Crippen molar-refractivity contribution in [1.29, 1.82) is 0 Å². The molecule has 1 aliphatic heterocycles. The van der Waals surface area contributed by atoms with E-state index >= 15 is 0 Å². The number of hydrogen-bond donors (Lipinski definition) is 0. The number of anilines is 1. The minimum absolute atomic E-state index is 0.0786. The molecular formula is C19H17NO2S2. The maximum atomic E-state index is 12.7. The molecule has 122 valence electrons. The van der Waals surface area contributed by atoms with E-state index in [0.717, 1.165) is 23.4 Å². The first-order valence-corrected chi connectivity index (χ1v) is 8.86. The smallest absolute Gasteiger partial charge is 0.270 e. The van der Waals surface area contributed by atoms with Crippen LogP contribution in [0, 0.1) is 0 Å². The van der Waals surface area contributed by atoms with E-state index in [0.29, 0.717) is 9.23 Å². The van der Waals surface area contributed by atoms with E-state index < -0.39 is 0 Å². The molecule has 0 saturated carbocycles. The summed E-state index contributed by atoms with van der Waals surface area (Å²) < 4.78 is 5.71. The van der Waals surface area contributed by atoms with Gasteiger partial charge in [0.15, 0.2) is 4.32 Å². The molecule has 0 aromatic heterocycles. The van der Waals surface area contributed by atoms with Gasteiger partial charge in [-0.05, 0) is 47.9 Å². The Morgan fingerprint density at radius 3 is 2.38 bits per heavy atom. The third-order valence-electron chi connectivity index (χ3n) is 3.81. The van der Waals surface area contributed by atoms with Crippen LogP contribution in [0.4, 0.5) is 5.69 Å². The van der Waals surface area contributed by atoms with Gasteiger partial charge in [-0.2, -0.15) is 0 Å². The number of benzene rings is 2. The van der Waals surface area contributed by atoms with Gasteiger partial charge in [-0.3, -0.25) is 9.69 Å². The summed E-state index contributed by atoms with van der Waals surface area (Å²) in [5, 5.41) is 0. The van der Waals surface area contributed by atoms with E-state index in [4.69, 9.17) is 17.0 Å². The van der Waals surface area contributed by atoms with Crippen LogP contribution in [0.2, 0.25) is 0 Å². The fourth-order valence-electron chi connectivity index (χ4n) is 2.42. The first-order chi connectivity index (χ1) is 11.6. The Labute approximate surface area is 151 Å². The third kappa shape index (κ3) is 3.37. The van der Waals surface area contributed by atoms with E-state index in [1.807, 2.05) is 54.6 Å². The number of thioether (sulfide) groups is 1. The van der Waals surface area contributed by atoms with Crippen molar-refractivity contribution in [3.05, 3.63) is 64.6 Å². The van der Waals surface area contributed by atoms with Crippen LogP contribution in [0.25, 0.3) is 6.08 Å². The van der Waals surface area contributed by atoms with Gasteiger partial charge >= 0.3 is 0 Å². The third-order valence-corrected chi connectivity index (χ3v) is 5.11. The maximum Gasteiger partial charge on any atom is 0.270 e. The molecule has 1 saturated heterocycles. The number of rotatable bonds is 4. The summed E-state index contributed by atoms with van der Waals surface area (Å²) in [6, 6.07) is 15.5. The molecule has 1 fully saturated rings. The van der Waals surface area contributed by atoms with Crippen molar-refractivity contribution in [2.24, 2.45) is 0 Å². The summed E-state index contributed by atoms with van der Waals surface area (Å²) in [4.78, 5) is 14.9. The Balaban J connectivity index is 1.85. The van der Waals surface area contributed by atoms with Gasteiger partial charge in [-0.1, -0.05) is 55.2 Å². The molecule has 3 rings (SSSR count). The second-order valence-electron chi connectivity index (χ2n) is 5.31.